The molecule has 0 aliphatic heterocycles. The SMILES string of the molecule is Cc1ccc(C#N)c(NCCc2cc(F)cc(F)c2)c1. The van der Waals surface area contributed by atoms with E-state index in [0.717, 1.165) is 17.3 Å². The summed E-state index contributed by atoms with van der Waals surface area (Å²) >= 11 is 0. The first-order chi connectivity index (χ1) is 9.58. The van der Waals surface area contributed by atoms with Crippen molar-refractivity contribution in [1.29, 1.82) is 5.26 Å². The average molecular weight is 272 g/mol. The van der Waals surface area contributed by atoms with Crippen molar-refractivity contribution in [2.24, 2.45) is 0 Å². The summed E-state index contributed by atoms with van der Waals surface area (Å²) in [6, 6.07) is 11.1. The molecule has 0 aliphatic rings. The number of nitriles is 1. The summed E-state index contributed by atoms with van der Waals surface area (Å²) in [6.45, 7) is 2.44. The fourth-order valence-corrected chi connectivity index (χ4v) is 2.00. The molecule has 2 aromatic carbocycles. The molecule has 0 unspecified atom stereocenters. The fourth-order valence-electron chi connectivity index (χ4n) is 2.00. The van der Waals surface area contributed by atoms with Crippen molar-refractivity contribution in [3.8, 4) is 6.07 Å². The zero-order valence-electron chi connectivity index (χ0n) is 11.1. The van der Waals surface area contributed by atoms with Crippen LogP contribution in [0.15, 0.2) is 36.4 Å². The summed E-state index contributed by atoms with van der Waals surface area (Å²) in [5, 5.41) is 12.1. The quantitative estimate of drug-likeness (QED) is 0.919. The van der Waals surface area contributed by atoms with E-state index in [1.165, 1.54) is 12.1 Å². The van der Waals surface area contributed by atoms with Gasteiger partial charge in [0.05, 0.1) is 11.3 Å². The maximum Gasteiger partial charge on any atom is 0.126 e. The number of benzene rings is 2. The van der Waals surface area contributed by atoms with E-state index in [0.29, 0.717) is 24.1 Å². The maximum atomic E-state index is 13.0. The normalized spacial score (nSPS) is 10.1. The second kappa shape index (κ2) is 6.16. The van der Waals surface area contributed by atoms with Crippen LogP contribution >= 0.6 is 0 Å². The molecule has 2 aromatic rings. The molecule has 0 saturated heterocycles. The molecule has 4 heteroatoms. The highest BCUT2D eigenvalue weighted by atomic mass is 19.1. The standard InChI is InChI=1S/C16H14F2N2/c1-11-2-3-13(10-19)16(6-11)20-5-4-12-7-14(17)9-15(18)8-12/h2-3,6-9,20H,4-5H2,1H3. The maximum absolute atomic E-state index is 13.0. The Bertz CT molecular complexity index is 640. The van der Waals surface area contributed by atoms with Gasteiger partial charge < -0.3 is 5.32 Å². The molecule has 0 spiro atoms. The number of rotatable bonds is 4. The minimum Gasteiger partial charge on any atom is -0.384 e. The third-order valence-corrected chi connectivity index (χ3v) is 2.95. The van der Waals surface area contributed by atoms with E-state index in [4.69, 9.17) is 5.26 Å². The summed E-state index contributed by atoms with van der Waals surface area (Å²) in [6.07, 6.45) is 0.480. The summed E-state index contributed by atoms with van der Waals surface area (Å²) < 4.78 is 26.1. The Labute approximate surface area is 116 Å². The van der Waals surface area contributed by atoms with E-state index in [-0.39, 0.29) is 0 Å². The van der Waals surface area contributed by atoms with Gasteiger partial charge in [-0.15, -0.1) is 0 Å². The van der Waals surface area contributed by atoms with Gasteiger partial charge in [-0.2, -0.15) is 5.26 Å². The molecule has 102 valence electrons. The first-order valence-electron chi connectivity index (χ1n) is 6.28. The van der Waals surface area contributed by atoms with Crippen LogP contribution in [0, 0.1) is 29.9 Å². The number of anilines is 1. The summed E-state index contributed by atoms with van der Waals surface area (Å²) in [7, 11) is 0. The Morgan fingerprint density at radius 3 is 2.45 bits per heavy atom. The Kier molecular flexibility index (Phi) is 4.31. The van der Waals surface area contributed by atoms with E-state index >= 15 is 0 Å². The van der Waals surface area contributed by atoms with Crippen molar-refractivity contribution in [3.05, 3.63) is 64.7 Å². The van der Waals surface area contributed by atoms with E-state index in [9.17, 15) is 8.78 Å². The lowest BCUT2D eigenvalue weighted by molar-refractivity contribution is 0.580. The van der Waals surface area contributed by atoms with Crippen LogP contribution < -0.4 is 5.32 Å². The van der Waals surface area contributed by atoms with Crippen molar-refractivity contribution in [1.82, 2.24) is 0 Å². The second-order valence-corrected chi connectivity index (χ2v) is 4.62. The summed E-state index contributed by atoms with van der Waals surface area (Å²) in [4.78, 5) is 0. The molecule has 2 nitrogen and oxygen atoms in total. The van der Waals surface area contributed by atoms with Crippen LogP contribution in [0.2, 0.25) is 0 Å². The molecule has 0 bridgehead atoms. The zero-order chi connectivity index (χ0) is 14.5. The van der Waals surface area contributed by atoms with E-state index < -0.39 is 11.6 Å². The van der Waals surface area contributed by atoms with Gasteiger partial charge in [0.1, 0.15) is 17.7 Å². The molecule has 0 amide bonds. The van der Waals surface area contributed by atoms with Crippen molar-refractivity contribution >= 4 is 5.69 Å². The number of nitrogens with zero attached hydrogens (tertiary/aromatic N) is 1. The fraction of sp³-hybridized carbons (Fsp3) is 0.188. The minimum absolute atomic E-state index is 0.480. The van der Waals surface area contributed by atoms with Gasteiger partial charge in [0.2, 0.25) is 0 Å². The van der Waals surface area contributed by atoms with Crippen LogP contribution in [0.1, 0.15) is 16.7 Å². The molecule has 0 atom stereocenters. The van der Waals surface area contributed by atoms with Crippen molar-refractivity contribution in [2.75, 3.05) is 11.9 Å². The molecule has 0 radical (unpaired) electrons. The highest BCUT2D eigenvalue weighted by Gasteiger charge is 2.03. The smallest absolute Gasteiger partial charge is 0.126 e. The Morgan fingerprint density at radius 1 is 1.10 bits per heavy atom. The Hall–Kier alpha value is -2.41. The van der Waals surface area contributed by atoms with Crippen molar-refractivity contribution in [3.63, 3.8) is 0 Å². The molecule has 1 N–H and O–H groups in total. The van der Waals surface area contributed by atoms with Gasteiger partial charge in [-0.25, -0.2) is 8.78 Å². The third-order valence-electron chi connectivity index (χ3n) is 2.95. The van der Waals surface area contributed by atoms with Crippen molar-refractivity contribution in [2.45, 2.75) is 13.3 Å². The van der Waals surface area contributed by atoms with Gasteiger partial charge in [-0.3, -0.25) is 0 Å². The highest BCUT2D eigenvalue weighted by Crippen LogP contribution is 2.17. The van der Waals surface area contributed by atoms with Gasteiger partial charge in [0, 0.05) is 12.6 Å². The first-order valence-corrected chi connectivity index (χ1v) is 6.28. The van der Waals surface area contributed by atoms with Crippen LogP contribution in [0.3, 0.4) is 0 Å². The average Bonchev–Trinajstić information content (AvgIpc) is 2.38. The first kappa shape index (κ1) is 14.0. The van der Waals surface area contributed by atoms with Gasteiger partial charge in [0.15, 0.2) is 0 Å². The van der Waals surface area contributed by atoms with Crippen LogP contribution in [0.4, 0.5) is 14.5 Å². The molecule has 0 aliphatic carbocycles. The topological polar surface area (TPSA) is 35.8 Å². The number of hydrogen-bond acceptors (Lipinski definition) is 2. The Morgan fingerprint density at radius 2 is 1.80 bits per heavy atom. The van der Waals surface area contributed by atoms with Crippen LogP contribution in [0.5, 0.6) is 0 Å². The monoisotopic (exact) mass is 272 g/mol. The van der Waals surface area contributed by atoms with Crippen LogP contribution in [-0.4, -0.2) is 6.54 Å². The highest BCUT2D eigenvalue weighted by molar-refractivity contribution is 5.58. The molecule has 0 saturated carbocycles. The molecule has 0 heterocycles. The number of aryl methyl sites for hydroxylation is 1. The summed E-state index contributed by atoms with van der Waals surface area (Å²) in [5.74, 6) is -1.15. The minimum atomic E-state index is -0.576. The molecular formula is C16H14F2N2. The molecule has 2 rings (SSSR count). The predicted octanol–water partition coefficient (Wildman–Crippen LogP) is 3.80. The second-order valence-electron chi connectivity index (χ2n) is 4.62. The molecule has 0 aromatic heterocycles. The lowest BCUT2D eigenvalue weighted by Gasteiger charge is -2.09. The number of hydrogen-bond donors (Lipinski definition) is 1. The number of nitrogens with one attached hydrogen (secondary N) is 1. The lowest BCUT2D eigenvalue weighted by atomic mass is 10.1. The Balaban J connectivity index is 2.03. The zero-order valence-corrected chi connectivity index (χ0v) is 11.1. The molecule has 20 heavy (non-hydrogen) atoms. The van der Waals surface area contributed by atoms with Gasteiger partial charge in [0.25, 0.3) is 0 Å². The van der Waals surface area contributed by atoms with Gasteiger partial charge in [-0.1, -0.05) is 6.07 Å². The van der Waals surface area contributed by atoms with Gasteiger partial charge >= 0.3 is 0 Å². The predicted molar refractivity (Wildman–Crippen MR) is 74.4 cm³/mol. The van der Waals surface area contributed by atoms with Crippen LogP contribution in [-0.2, 0) is 6.42 Å². The van der Waals surface area contributed by atoms with Gasteiger partial charge in [-0.05, 0) is 48.7 Å². The molecule has 0 fully saturated rings. The van der Waals surface area contributed by atoms with E-state index in [1.54, 1.807) is 6.07 Å². The number of halogens is 2. The third kappa shape index (κ3) is 3.55. The van der Waals surface area contributed by atoms with E-state index in [2.05, 4.69) is 11.4 Å². The van der Waals surface area contributed by atoms with Crippen LogP contribution in [0.25, 0.3) is 0 Å². The largest absolute Gasteiger partial charge is 0.384 e. The summed E-state index contributed by atoms with van der Waals surface area (Å²) in [5.41, 5.74) is 2.93. The molecular weight excluding hydrogens is 258 g/mol. The lowest BCUT2D eigenvalue weighted by Crippen LogP contribution is -2.07. The van der Waals surface area contributed by atoms with Crippen molar-refractivity contribution < 1.29 is 8.78 Å². The van der Waals surface area contributed by atoms with E-state index in [1.807, 2.05) is 19.1 Å².